The van der Waals surface area contributed by atoms with E-state index < -0.39 is 0 Å². The number of hydrogen-bond acceptors (Lipinski definition) is 5. The lowest BCUT2D eigenvalue weighted by atomic mass is 10.1. The maximum absolute atomic E-state index is 13.3. The first-order chi connectivity index (χ1) is 14.4. The highest BCUT2D eigenvalue weighted by Gasteiger charge is 2.19. The Morgan fingerprint density at radius 3 is 2.40 bits per heavy atom. The second kappa shape index (κ2) is 7.79. The summed E-state index contributed by atoms with van der Waals surface area (Å²) in [5.74, 6) is 0.606. The standard InChI is InChI=1S/C22H20FN3O3S/c1-12-9-18(28-3)19(29-4)11-17(12)24-21(27)20-10-16-13(2)25-26(22(16)30-20)15-7-5-14(23)6-8-15/h5-11H,1-4H3,(H,24,27). The lowest BCUT2D eigenvalue weighted by Gasteiger charge is -2.13. The molecule has 0 aliphatic carbocycles. The van der Waals surface area contributed by atoms with E-state index in [1.807, 2.05) is 26.0 Å². The van der Waals surface area contributed by atoms with E-state index in [1.54, 1.807) is 37.1 Å². The average molecular weight is 425 g/mol. The Kier molecular flexibility index (Phi) is 5.17. The molecule has 0 radical (unpaired) electrons. The number of carbonyl (C=O) groups is 1. The predicted molar refractivity (Wildman–Crippen MR) is 116 cm³/mol. The highest BCUT2D eigenvalue weighted by molar-refractivity contribution is 7.20. The number of ether oxygens (including phenoxy) is 2. The minimum atomic E-state index is -0.310. The summed E-state index contributed by atoms with van der Waals surface area (Å²) in [6.07, 6.45) is 0. The number of rotatable bonds is 5. The zero-order valence-electron chi connectivity index (χ0n) is 16.9. The summed E-state index contributed by atoms with van der Waals surface area (Å²) in [5.41, 5.74) is 3.04. The molecule has 2 aromatic carbocycles. The number of fused-ring (bicyclic) bond motifs is 1. The van der Waals surface area contributed by atoms with Crippen LogP contribution in [-0.4, -0.2) is 29.9 Å². The second-order valence-corrected chi connectivity index (χ2v) is 7.81. The molecule has 0 saturated carbocycles. The molecule has 0 aliphatic rings. The van der Waals surface area contributed by atoms with Crippen LogP contribution in [-0.2, 0) is 0 Å². The number of hydrogen-bond donors (Lipinski definition) is 1. The number of aryl methyl sites for hydroxylation is 2. The van der Waals surface area contributed by atoms with Crippen molar-refractivity contribution in [3.8, 4) is 17.2 Å². The van der Waals surface area contributed by atoms with Gasteiger partial charge in [0, 0.05) is 17.1 Å². The van der Waals surface area contributed by atoms with E-state index in [0.717, 1.165) is 27.2 Å². The van der Waals surface area contributed by atoms with E-state index >= 15 is 0 Å². The van der Waals surface area contributed by atoms with E-state index in [1.165, 1.54) is 23.5 Å². The first kappa shape index (κ1) is 19.9. The number of thiophene rings is 1. The van der Waals surface area contributed by atoms with Gasteiger partial charge in [0.05, 0.1) is 30.5 Å². The zero-order valence-corrected chi connectivity index (χ0v) is 17.8. The molecule has 0 bridgehead atoms. The molecule has 0 atom stereocenters. The number of halogens is 1. The maximum atomic E-state index is 13.3. The van der Waals surface area contributed by atoms with Gasteiger partial charge in [0.1, 0.15) is 10.6 Å². The van der Waals surface area contributed by atoms with Gasteiger partial charge in [-0.3, -0.25) is 4.79 Å². The normalized spacial score (nSPS) is 11.0. The Morgan fingerprint density at radius 1 is 1.07 bits per heavy atom. The summed E-state index contributed by atoms with van der Waals surface area (Å²) in [7, 11) is 3.12. The molecule has 30 heavy (non-hydrogen) atoms. The Hall–Kier alpha value is -3.39. The van der Waals surface area contributed by atoms with Gasteiger partial charge in [-0.2, -0.15) is 5.10 Å². The van der Waals surface area contributed by atoms with Gasteiger partial charge in [0.15, 0.2) is 11.5 Å². The van der Waals surface area contributed by atoms with Gasteiger partial charge in [0.2, 0.25) is 0 Å². The fourth-order valence-corrected chi connectivity index (χ4v) is 4.29. The quantitative estimate of drug-likeness (QED) is 0.482. The summed E-state index contributed by atoms with van der Waals surface area (Å²) >= 11 is 1.33. The van der Waals surface area contributed by atoms with Crippen LogP contribution in [0.1, 0.15) is 20.9 Å². The Morgan fingerprint density at radius 2 is 1.73 bits per heavy atom. The molecule has 154 valence electrons. The third-order valence-corrected chi connectivity index (χ3v) is 5.93. The lowest BCUT2D eigenvalue weighted by Crippen LogP contribution is -2.11. The van der Waals surface area contributed by atoms with Crippen LogP contribution in [0.3, 0.4) is 0 Å². The molecule has 8 heteroatoms. The third-order valence-electron chi connectivity index (χ3n) is 4.82. The van der Waals surface area contributed by atoms with Gasteiger partial charge < -0.3 is 14.8 Å². The van der Waals surface area contributed by atoms with Crippen LogP contribution in [0.15, 0.2) is 42.5 Å². The molecule has 6 nitrogen and oxygen atoms in total. The second-order valence-electron chi connectivity index (χ2n) is 6.78. The number of aromatic nitrogens is 2. The molecule has 0 fully saturated rings. The van der Waals surface area contributed by atoms with Crippen molar-refractivity contribution in [1.82, 2.24) is 9.78 Å². The molecule has 0 unspecified atom stereocenters. The van der Waals surface area contributed by atoms with Crippen LogP contribution >= 0.6 is 11.3 Å². The van der Waals surface area contributed by atoms with Crippen LogP contribution in [0.5, 0.6) is 11.5 Å². The van der Waals surface area contributed by atoms with Crippen molar-refractivity contribution in [3.05, 3.63) is 64.4 Å². The molecular formula is C22H20FN3O3S. The summed E-state index contributed by atoms with van der Waals surface area (Å²) in [6, 6.07) is 11.5. The molecule has 1 amide bonds. The zero-order chi connectivity index (χ0) is 21.4. The summed E-state index contributed by atoms with van der Waals surface area (Å²) in [4.78, 5) is 14.3. The Bertz CT molecular complexity index is 1240. The van der Waals surface area contributed by atoms with Crippen LogP contribution in [0.4, 0.5) is 10.1 Å². The molecule has 0 aliphatic heterocycles. The fourth-order valence-electron chi connectivity index (χ4n) is 3.22. The van der Waals surface area contributed by atoms with E-state index in [9.17, 15) is 9.18 Å². The van der Waals surface area contributed by atoms with Gasteiger partial charge in [-0.25, -0.2) is 9.07 Å². The minimum absolute atomic E-state index is 0.225. The van der Waals surface area contributed by atoms with E-state index in [0.29, 0.717) is 22.1 Å². The Labute approximate surface area is 176 Å². The first-order valence-corrected chi connectivity index (χ1v) is 10.0. The number of nitrogens with zero attached hydrogens (tertiary/aromatic N) is 2. The van der Waals surface area contributed by atoms with Crippen molar-refractivity contribution in [2.75, 3.05) is 19.5 Å². The van der Waals surface area contributed by atoms with E-state index in [2.05, 4.69) is 10.4 Å². The van der Waals surface area contributed by atoms with Gasteiger partial charge in [-0.1, -0.05) is 0 Å². The highest BCUT2D eigenvalue weighted by atomic mass is 32.1. The molecule has 0 saturated heterocycles. The van der Waals surface area contributed by atoms with E-state index in [-0.39, 0.29) is 11.7 Å². The van der Waals surface area contributed by atoms with Gasteiger partial charge >= 0.3 is 0 Å². The Balaban J connectivity index is 1.68. The third kappa shape index (κ3) is 3.50. The number of anilines is 1. The van der Waals surface area contributed by atoms with Crippen LogP contribution < -0.4 is 14.8 Å². The smallest absolute Gasteiger partial charge is 0.265 e. The van der Waals surface area contributed by atoms with Crippen molar-refractivity contribution < 1.29 is 18.7 Å². The minimum Gasteiger partial charge on any atom is -0.493 e. The molecule has 2 heterocycles. The first-order valence-electron chi connectivity index (χ1n) is 9.20. The fraction of sp³-hybridized carbons (Fsp3) is 0.182. The lowest BCUT2D eigenvalue weighted by molar-refractivity contribution is 0.103. The van der Waals surface area contributed by atoms with Crippen molar-refractivity contribution >= 4 is 33.1 Å². The van der Waals surface area contributed by atoms with Crippen molar-refractivity contribution in [1.29, 1.82) is 0 Å². The largest absolute Gasteiger partial charge is 0.493 e. The van der Waals surface area contributed by atoms with Gasteiger partial charge in [-0.15, -0.1) is 11.3 Å². The van der Waals surface area contributed by atoms with E-state index in [4.69, 9.17) is 9.47 Å². The van der Waals surface area contributed by atoms with Crippen LogP contribution in [0.25, 0.3) is 15.9 Å². The summed E-state index contributed by atoms with van der Waals surface area (Å²) in [5, 5.41) is 8.37. The molecule has 2 aromatic heterocycles. The predicted octanol–water partition coefficient (Wildman–Crippen LogP) is 5.11. The molecule has 0 spiro atoms. The highest BCUT2D eigenvalue weighted by Crippen LogP contribution is 2.34. The van der Waals surface area contributed by atoms with Crippen LogP contribution in [0, 0.1) is 19.7 Å². The topological polar surface area (TPSA) is 65.4 Å². The van der Waals surface area contributed by atoms with Crippen molar-refractivity contribution in [2.24, 2.45) is 0 Å². The number of benzene rings is 2. The number of carbonyl (C=O) groups excluding carboxylic acids is 1. The molecule has 4 rings (SSSR count). The molecular weight excluding hydrogens is 405 g/mol. The number of amides is 1. The molecule has 1 N–H and O–H groups in total. The van der Waals surface area contributed by atoms with Gasteiger partial charge in [-0.05, 0) is 55.8 Å². The monoisotopic (exact) mass is 425 g/mol. The SMILES string of the molecule is COc1cc(C)c(NC(=O)c2cc3c(C)nn(-c4ccc(F)cc4)c3s2)cc1OC. The maximum Gasteiger partial charge on any atom is 0.265 e. The molecule has 4 aromatic rings. The van der Waals surface area contributed by atoms with Gasteiger partial charge in [0.25, 0.3) is 5.91 Å². The summed E-state index contributed by atoms with van der Waals surface area (Å²) < 4.78 is 25.6. The van der Waals surface area contributed by atoms with Crippen LogP contribution in [0.2, 0.25) is 0 Å². The van der Waals surface area contributed by atoms with Crippen molar-refractivity contribution in [2.45, 2.75) is 13.8 Å². The number of methoxy groups -OCH3 is 2. The average Bonchev–Trinajstić information content (AvgIpc) is 3.30. The summed E-state index contributed by atoms with van der Waals surface area (Å²) in [6.45, 7) is 3.77. The van der Waals surface area contributed by atoms with Crippen molar-refractivity contribution in [3.63, 3.8) is 0 Å². The number of nitrogens with one attached hydrogen (secondary N) is 1.